The Hall–Kier alpha value is -4.39. The number of hydrogen-bond donors (Lipinski definition) is 1. The van der Waals surface area contributed by atoms with Gasteiger partial charge < -0.3 is 14.3 Å². The molecule has 0 atom stereocenters. The number of pyridine rings is 1. The summed E-state index contributed by atoms with van der Waals surface area (Å²) in [6.07, 6.45) is 0. The molecule has 0 saturated heterocycles. The largest absolute Gasteiger partial charge is 0.439 e. The van der Waals surface area contributed by atoms with Crippen LogP contribution in [0.25, 0.3) is 33.0 Å². The zero-order chi connectivity index (χ0) is 23.1. The SMILES string of the molecule is CCn1c(=O)c2c(-c3ccccc3[N+](=O)[O-])c(Nc3ccccc3C)oc2c2ccccc21. The maximum Gasteiger partial charge on any atom is 0.277 e. The lowest BCUT2D eigenvalue weighted by Gasteiger charge is -2.10. The first-order valence-electron chi connectivity index (χ1n) is 10.7. The van der Waals surface area contributed by atoms with E-state index in [4.69, 9.17) is 4.42 Å². The number of furan rings is 1. The van der Waals surface area contributed by atoms with Gasteiger partial charge in [-0.25, -0.2) is 0 Å². The summed E-state index contributed by atoms with van der Waals surface area (Å²) in [5.41, 5.74) is 3.29. The molecular weight excluding hydrogens is 418 g/mol. The first-order chi connectivity index (χ1) is 16.0. The van der Waals surface area contributed by atoms with E-state index in [1.807, 2.05) is 62.4 Å². The summed E-state index contributed by atoms with van der Waals surface area (Å²) >= 11 is 0. The predicted molar refractivity (Wildman–Crippen MR) is 130 cm³/mol. The molecule has 0 fully saturated rings. The highest BCUT2D eigenvalue weighted by Gasteiger charge is 2.27. The summed E-state index contributed by atoms with van der Waals surface area (Å²) in [7, 11) is 0. The molecule has 7 heteroatoms. The number of benzene rings is 3. The lowest BCUT2D eigenvalue weighted by atomic mass is 10.0. The molecule has 0 aliphatic rings. The quantitative estimate of drug-likeness (QED) is 0.253. The highest BCUT2D eigenvalue weighted by molar-refractivity contribution is 6.12. The lowest BCUT2D eigenvalue weighted by Crippen LogP contribution is -2.19. The zero-order valence-corrected chi connectivity index (χ0v) is 18.2. The molecule has 5 rings (SSSR count). The number of fused-ring (bicyclic) bond motifs is 3. The van der Waals surface area contributed by atoms with Crippen molar-refractivity contribution < 1.29 is 9.34 Å². The van der Waals surface area contributed by atoms with Crippen LogP contribution in [0.1, 0.15) is 12.5 Å². The van der Waals surface area contributed by atoms with Gasteiger partial charge in [-0.05, 0) is 43.7 Å². The standard InChI is InChI=1S/C26H21N3O4/c1-3-28-20-14-8-6-12-18(20)24-23(26(28)30)22(17-11-5-9-15-21(17)29(31)32)25(33-24)27-19-13-7-4-10-16(19)2/h4-15,27H,3H2,1-2H3. The average Bonchev–Trinajstić information content (AvgIpc) is 3.20. The fraction of sp³-hybridized carbons (Fsp3) is 0.115. The van der Waals surface area contributed by atoms with E-state index in [0.717, 1.165) is 22.2 Å². The van der Waals surface area contributed by atoms with E-state index in [2.05, 4.69) is 5.32 Å². The molecule has 1 N–H and O–H groups in total. The van der Waals surface area contributed by atoms with Crippen molar-refractivity contribution in [2.75, 3.05) is 5.32 Å². The van der Waals surface area contributed by atoms with Gasteiger partial charge in [-0.1, -0.05) is 42.5 Å². The van der Waals surface area contributed by atoms with Gasteiger partial charge in [-0.15, -0.1) is 0 Å². The fourth-order valence-electron chi connectivity index (χ4n) is 4.31. The van der Waals surface area contributed by atoms with Gasteiger partial charge in [0.15, 0.2) is 5.58 Å². The van der Waals surface area contributed by atoms with E-state index < -0.39 is 4.92 Å². The van der Waals surface area contributed by atoms with Crippen LogP contribution in [0.5, 0.6) is 0 Å². The Balaban J connectivity index is 1.94. The monoisotopic (exact) mass is 439 g/mol. The second-order valence-electron chi connectivity index (χ2n) is 7.79. The third-order valence-corrected chi connectivity index (χ3v) is 5.89. The van der Waals surface area contributed by atoms with Crippen LogP contribution in [0.2, 0.25) is 0 Å². The zero-order valence-electron chi connectivity index (χ0n) is 18.2. The van der Waals surface area contributed by atoms with E-state index in [-0.39, 0.29) is 11.2 Å². The van der Waals surface area contributed by atoms with Crippen LogP contribution in [0, 0.1) is 17.0 Å². The number of aromatic nitrogens is 1. The summed E-state index contributed by atoms with van der Waals surface area (Å²) < 4.78 is 7.96. The molecule has 0 unspecified atom stereocenters. The van der Waals surface area contributed by atoms with Crippen molar-refractivity contribution in [3.05, 3.63) is 98.8 Å². The minimum Gasteiger partial charge on any atom is -0.439 e. The van der Waals surface area contributed by atoms with E-state index in [1.165, 1.54) is 6.07 Å². The molecule has 0 aliphatic carbocycles. The van der Waals surface area contributed by atoms with Crippen molar-refractivity contribution in [1.29, 1.82) is 0 Å². The molecule has 33 heavy (non-hydrogen) atoms. The Morgan fingerprint density at radius 2 is 1.70 bits per heavy atom. The molecule has 2 heterocycles. The molecule has 3 aromatic carbocycles. The van der Waals surface area contributed by atoms with Gasteiger partial charge in [0.05, 0.1) is 27.0 Å². The Morgan fingerprint density at radius 1 is 1.00 bits per heavy atom. The summed E-state index contributed by atoms with van der Waals surface area (Å²) in [5, 5.41) is 16.2. The molecule has 5 aromatic rings. The van der Waals surface area contributed by atoms with Gasteiger partial charge in [-0.2, -0.15) is 0 Å². The first-order valence-corrected chi connectivity index (χ1v) is 10.7. The second kappa shape index (κ2) is 7.94. The van der Waals surface area contributed by atoms with Gasteiger partial charge in [-0.3, -0.25) is 14.9 Å². The number of rotatable bonds is 5. The summed E-state index contributed by atoms with van der Waals surface area (Å²) in [4.78, 5) is 25.1. The average molecular weight is 439 g/mol. The second-order valence-corrected chi connectivity index (χ2v) is 7.79. The molecule has 0 bridgehead atoms. The van der Waals surface area contributed by atoms with E-state index in [0.29, 0.717) is 34.5 Å². The minimum atomic E-state index is -0.439. The van der Waals surface area contributed by atoms with Crippen molar-refractivity contribution in [1.82, 2.24) is 4.57 Å². The van der Waals surface area contributed by atoms with Gasteiger partial charge >= 0.3 is 0 Å². The number of nitro benzene ring substituents is 1. The Kier molecular flexibility index (Phi) is 4.94. The van der Waals surface area contributed by atoms with E-state index in [1.54, 1.807) is 22.8 Å². The van der Waals surface area contributed by atoms with Gasteiger partial charge in [0.1, 0.15) is 0 Å². The highest BCUT2D eigenvalue weighted by atomic mass is 16.6. The van der Waals surface area contributed by atoms with E-state index in [9.17, 15) is 14.9 Å². The molecule has 164 valence electrons. The third-order valence-electron chi connectivity index (χ3n) is 5.89. The molecular formula is C26H21N3O4. The Bertz CT molecular complexity index is 1600. The molecule has 7 nitrogen and oxygen atoms in total. The van der Waals surface area contributed by atoms with Crippen molar-refractivity contribution in [3.8, 4) is 11.1 Å². The van der Waals surface area contributed by atoms with E-state index >= 15 is 0 Å². The highest BCUT2D eigenvalue weighted by Crippen LogP contribution is 2.44. The molecule has 0 spiro atoms. The predicted octanol–water partition coefficient (Wildman–Crippen LogP) is 6.39. The van der Waals surface area contributed by atoms with Crippen LogP contribution in [0.4, 0.5) is 17.3 Å². The molecule has 0 amide bonds. The van der Waals surface area contributed by atoms with Crippen molar-refractivity contribution >= 4 is 39.1 Å². The summed E-state index contributed by atoms with van der Waals surface area (Å²) in [6, 6.07) is 21.6. The van der Waals surface area contributed by atoms with Crippen LogP contribution in [-0.2, 0) is 6.54 Å². The molecule has 0 radical (unpaired) electrons. The summed E-state index contributed by atoms with van der Waals surface area (Å²) in [6.45, 7) is 4.31. The van der Waals surface area contributed by atoms with Gasteiger partial charge in [0.2, 0.25) is 5.88 Å². The summed E-state index contributed by atoms with van der Waals surface area (Å²) in [5.74, 6) is 0.296. The van der Waals surface area contributed by atoms with Crippen LogP contribution >= 0.6 is 0 Å². The number of hydrogen-bond acceptors (Lipinski definition) is 5. The van der Waals surface area contributed by atoms with Crippen LogP contribution in [0.3, 0.4) is 0 Å². The van der Waals surface area contributed by atoms with Crippen LogP contribution in [0.15, 0.2) is 82.0 Å². The number of nitrogens with one attached hydrogen (secondary N) is 1. The smallest absolute Gasteiger partial charge is 0.277 e. The van der Waals surface area contributed by atoms with Crippen LogP contribution in [-0.4, -0.2) is 9.49 Å². The van der Waals surface area contributed by atoms with Gasteiger partial charge in [0.25, 0.3) is 11.2 Å². The third kappa shape index (κ3) is 3.25. The topological polar surface area (TPSA) is 90.3 Å². The number of para-hydroxylation sites is 3. The molecule has 0 aliphatic heterocycles. The molecule has 2 aromatic heterocycles. The maximum atomic E-state index is 13.7. The number of aryl methyl sites for hydroxylation is 2. The molecule has 0 saturated carbocycles. The van der Waals surface area contributed by atoms with Crippen molar-refractivity contribution in [3.63, 3.8) is 0 Å². The van der Waals surface area contributed by atoms with Crippen molar-refractivity contribution in [2.45, 2.75) is 20.4 Å². The lowest BCUT2D eigenvalue weighted by molar-refractivity contribution is -0.384. The van der Waals surface area contributed by atoms with Crippen LogP contribution < -0.4 is 10.9 Å². The number of anilines is 2. The number of nitro groups is 1. The normalized spacial score (nSPS) is 11.2. The first kappa shape index (κ1) is 20.5. The number of nitrogens with zero attached hydrogens (tertiary/aromatic N) is 2. The van der Waals surface area contributed by atoms with Crippen molar-refractivity contribution in [2.24, 2.45) is 0 Å². The minimum absolute atomic E-state index is 0.0939. The fourth-order valence-corrected chi connectivity index (χ4v) is 4.31. The maximum absolute atomic E-state index is 13.7. The van der Waals surface area contributed by atoms with Gasteiger partial charge in [0, 0.05) is 23.7 Å². The Morgan fingerprint density at radius 3 is 2.45 bits per heavy atom. The Labute approximate surface area is 189 Å².